The van der Waals surface area contributed by atoms with Crippen LogP contribution in [-0.4, -0.2) is 9.55 Å². The molecule has 1 unspecified atom stereocenters. The molecular formula is C16H15ClN2S. The zero-order valence-electron chi connectivity index (χ0n) is 11.4. The normalized spacial score (nSPS) is 12.8. The number of aromatic amines is 1. The quantitative estimate of drug-likeness (QED) is 0.640. The van der Waals surface area contributed by atoms with Crippen molar-refractivity contribution >= 4 is 34.9 Å². The lowest BCUT2D eigenvalue weighted by atomic mass is 10.1. The molecule has 3 rings (SSSR count). The van der Waals surface area contributed by atoms with Crippen LogP contribution in [0.4, 0.5) is 0 Å². The van der Waals surface area contributed by atoms with Crippen LogP contribution in [0, 0.1) is 11.7 Å². The fraction of sp³-hybridized carbons (Fsp3) is 0.188. The summed E-state index contributed by atoms with van der Waals surface area (Å²) in [4.78, 5) is 3.20. The van der Waals surface area contributed by atoms with Gasteiger partial charge in [0.05, 0.1) is 22.1 Å². The Morgan fingerprint density at radius 3 is 2.55 bits per heavy atom. The highest BCUT2D eigenvalue weighted by atomic mass is 35.5. The minimum Gasteiger partial charge on any atom is -0.329 e. The molecule has 0 amide bonds. The smallest absolute Gasteiger partial charge is 0.178 e. The van der Waals surface area contributed by atoms with Gasteiger partial charge in [-0.1, -0.05) is 47.5 Å². The Hall–Kier alpha value is -1.58. The van der Waals surface area contributed by atoms with Crippen molar-refractivity contribution in [2.24, 2.45) is 0 Å². The SMILES string of the molecule is Cc1ccc(C(C)n2c(=S)[nH]c3c(Cl)cccc32)cc1. The van der Waals surface area contributed by atoms with Crippen LogP contribution < -0.4 is 0 Å². The zero-order valence-corrected chi connectivity index (χ0v) is 12.9. The fourth-order valence-corrected chi connectivity index (χ4v) is 3.07. The number of halogens is 1. The molecule has 4 heteroatoms. The van der Waals surface area contributed by atoms with Gasteiger partial charge in [0.1, 0.15) is 0 Å². The molecule has 0 radical (unpaired) electrons. The third kappa shape index (κ3) is 2.17. The molecule has 1 aromatic heterocycles. The Morgan fingerprint density at radius 1 is 1.15 bits per heavy atom. The van der Waals surface area contributed by atoms with Gasteiger partial charge in [0.2, 0.25) is 0 Å². The molecule has 0 spiro atoms. The van der Waals surface area contributed by atoms with Crippen LogP contribution in [0.1, 0.15) is 24.1 Å². The largest absolute Gasteiger partial charge is 0.329 e. The third-order valence-electron chi connectivity index (χ3n) is 3.65. The summed E-state index contributed by atoms with van der Waals surface area (Å²) >= 11 is 11.7. The van der Waals surface area contributed by atoms with Crippen LogP contribution in [0.15, 0.2) is 42.5 Å². The maximum atomic E-state index is 6.22. The first-order chi connectivity index (χ1) is 9.58. The number of benzene rings is 2. The molecule has 20 heavy (non-hydrogen) atoms. The Bertz CT molecular complexity index is 815. The van der Waals surface area contributed by atoms with E-state index in [-0.39, 0.29) is 6.04 Å². The van der Waals surface area contributed by atoms with Crippen molar-refractivity contribution < 1.29 is 0 Å². The van der Waals surface area contributed by atoms with E-state index in [1.807, 2.05) is 18.2 Å². The first-order valence-electron chi connectivity index (χ1n) is 6.53. The Balaban J connectivity index is 2.19. The van der Waals surface area contributed by atoms with Gasteiger partial charge in [-0.25, -0.2) is 0 Å². The summed E-state index contributed by atoms with van der Waals surface area (Å²) in [6, 6.07) is 14.6. The summed E-state index contributed by atoms with van der Waals surface area (Å²) in [6.45, 7) is 4.24. The van der Waals surface area contributed by atoms with Crippen molar-refractivity contribution in [1.82, 2.24) is 9.55 Å². The third-order valence-corrected chi connectivity index (χ3v) is 4.26. The van der Waals surface area contributed by atoms with Gasteiger partial charge in [-0.2, -0.15) is 0 Å². The van der Waals surface area contributed by atoms with Crippen LogP contribution in [0.3, 0.4) is 0 Å². The van der Waals surface area contributed by atoms with Crippen LogP contribution in [0.2, 0.25) is 5.02 Å². The first-order valence-corrected chi connectivity index (χ1v) is 7.32. The number of hydrogen-bond donors (Lipinski definition) is 1. The van der Waals surface area contributed by atoms with Gasteiger partial charge in [-0.3, -0.25) is 0 Å². The topological polar surface area (TPSA) is 20.7 Å². The number of aromatic nitrogens is 2. The number of H-pyrrole nitrogens is 1. The van der Waals surface area contributed by atoms with E-state index >= 15 is 0 Å². The molecule has 0 aliphatic carbocycles. The number of rotatable bonds is 2. The molecule has 1 atom stereocenters. The maximum Gasteiger partial charge on any atom is 0.178 e. The van der Waals surface area contributed by atoms with E-state index in [1.165, 1.54) is 11.1 Å². The summed E-state index contributed by atoms with van der Waals surface area (Å²) in [5.74, 6) is 0. The number of para-hydroxylation sites is 1. The van der Waals surface area contributed by atoms with Gasteiger partial charge in [0.25, 0.3) is 0 Å². The van der Waals surface area contributed by atoms with Gasteiger partial charge in [-0.05, 0) is 43.8 Å². The number of fused-ring (bicyclic) bond motifs is 1. The fourth-order valence-electron chi connectivity index (χ4n) is 2.49. The molecule has 0 saturated carbocycles. The molecular weight excluding hydrogens is 288 g/mol. The summed E-state index contributed by atoms with van der Waals surface area (Å²) in [5.41, 5.74) is 4.42. The monoisotopic (exact) mass is 302 g/mol. The van der Waals surface area contributed by atoms with Crippen molar-refractivity contribution in [3.8, 4) is 0 Å². The summed E-state index contributed by atoms with van der Waals surface area (Å²) < 4.78 is 2.81. The molecule has 0 bridgehead atoms. The highest BCUT2D eigenvalue weighted by Crippen LogP contribution is 2.28. The standard InChI is InChI=1S/C16H15ClN2S/c1-10-6-8-12(9-7-10)11(2)19-14-5-3-4-13(17)15(14)18-16(19)20/h3-9,11H,1-2H3,(H,18,20). The molecule has 1 heterocycles. The molecule has 3 aromatic rings. The lowest BCUT2D eigenvalue weighted by Crippen LogP contribution is -2.06. The van der Waals surface area contributed by atoms with Gasteiger partial charge in [0.15, 0.2) is 4.77 Å². The minimum atomic E-state index is 0.162. The average molecular weight is 303 g/mol. The van der Waals surface area contributed by atoms with Gasteiger partial charge in [0, 0.05) is 0 Å². The maximum absolute atomic E-state index is 6.22. The molecule has 0 saturated heterocycles. The van der Waals surface area contributed by atoms with Gasteiger partial charge < -0.3 is 9.55 Å². The van der Waals surface area contributed by atoms with Crippen LogP contribution in [-0.2, 0) is 0 Å². The number of aryl methyl sites for hydroxylation is 1. The first kappa shape index (κ1) is 13.4. The predicted octanol–water partition coefficient (Wildman–Crippen LogP) is 5.27. The zero-order chi connectivity index (χ0) is 14.3. The molecule has 1 N–H and O–H groups in total. The van der Waals surface area contributed by atoms with Crippen LogP contribution >= 0.6 is 23.8 Å². The number of nitrogens with zero attached hydrogens (tertiary/aromatic N) is 1. The van der Waals surface area contributed by atoms with Crippen molar-refractivity contribution in [3.63, 3.8) is 0 Å². The van der Waals surface area contributed by atoms with E-state index in [1.54, 1.807) is 0 Å². The van der Waals surface area contributed by atoms with E-state index in [9.17, 15) is 0 Å². The Morgan fingerprint density at radius 2 is 1.85 bits per heavy atom. The van der Waals surface area contributed by atoms with E-state index in [0.29, 0.717) is 9.79 Å². The summed E-state index contributed by atoms with van der Waals surface area (Å²) in [5, 5.41) is 0.698. The number of hydrogen-bond acceptors (Lipinski definition) is 1. The highest BCUT2D eigenvalue weighted by molar-refractivity contribution is 7.71. The van der Waals surface area contributed by atoms with E-state index in [2.05, 4.69) is 47.7 Å². The average Bonchev–Trinajstić information content (AvgIpc) is 2.77. The Kier molecular flexibility index (Phi) is 3.40. The lowest BCUT2D eigenvalue weighted by molar-refractivity contribution is 0.649. The molecule has 0 aliphatic heterocycles. The predicted molar refractivity (Wildman–Crippen MR) is 87.1 cm³/mol. The Labute approximate surface area is 128 Å². The van der Waals surface area contributed by atoms with Crippen molar-refractivity contribution in [3.05, 3.63) is 63.4 Å². The molecule has 0 fully saturated rings. The van der Waals surface area contributed by atoms with Crippen LogP contribution in [0.25, 0.3) is 11.0 Å². The van der Waals surface area contributed by atoms with Crippen LogP contribution in [0.5, 0.6) is 0 Å². The van der Waals surface area contributed by atoms with E-state index in [4.69, 9.17) is 23.8 Å². The second kappa shape index (κ2) is 5.08. The van der Waals surface area contributed by atoms with Gasteiger partial charge in [-0.15, -0.1) is 0 Å². The summed E-state index contributed by atoms with van der Waals surface area (Å²) in [6.07, 6.45) is 0. The second-order valence-corrected chi connectivity index (χ2v) is 5.81. The minimum absolute atomic E-state index is 0.162. The molecule has 2 aromatic carbocycles. The number of imidazole rings is 1. The summed E-state index contributed by atoms with van der Waals surface area (Å²) in [7, 11) is 0. The molecule has 0 aliphatic rings. The highest BCUT2D eigenvalue weighted by Gasteiger charge is 2.14. The number of nitrogens with one attached hydrogen (secondary N) is 1. The second-order valence-electron chi connectivity index (χ2n) is 5.02. The van der Waals surface area contributed by atoms with E-state index < -0.39 is 0 Å². The molecule has 2 nitrogen and oxygen atoms in total. The van der Waals surface area contributed by atoms with Crippen molar-refractivity contribution in [2.45, 2.75) is 19.9 Å². The molecule has 102 valence electrons. The van der Waals surface area contributed by atoms with Crippen molar-refractivity contribution in [1.29, 1.82) is 0 Å². The van der Waals surface area contributed by atoms with Gasteiger partial charge >= 0.3 is 0 Å². The lowest BCUT2D eigenvalue weighted by Gasteiger charge is -2.15. The van der Waals surface area contributed by atoms with E-state index in [0.717, 1.165) is 11.0 Å². The van der Waals surface area contributed by atoms with Crippen molar-refractivity contribution in [2.75, 3.05) is 0 Å².